The molecule has 2 heteroatoms. The Balaban J connectivity index is 2.56. The zero-order chi connectivity index (χ0) is 14.6. The molecule has 114 valence electrons. The third kappa shape index (κ3) is 6.53. The zero-order valence-electron chi connectivity index (χ0n) is 13.4. The average molecular weight is 277 g/mol. The van der Waals surface area contributed by atoms with Gasteiger partial charge in [0.15, 0.2) is 0 Å². The molecule has 0 radical (unpaired) electrons. The van der Waals surface area contributed by atoms with Crippen LogP contribution in [0.2, 0.25) is 0 Å². The van der Waals surface area contributed by atoms with E-state index < -0.39 is 0 Å². The Kier molecular flexibility index (Phi) is 9.35. The number of hydrogen-bond donors (Lipinski definition) is 1. The fourth-order valence-electron chi connectivity index (χ4n) is 2.62. The quantitative estimate of drug-likeness (QED) is 0.655. The molecular weight excluding hydrogens is 246 g/mol. The van der Waals surface area contributed by atoms with Crippen molar-refractivity contribution in [2.24, 2.45) is 0 Å². The molecule has 1 aromatic carbocycles. The Bertz CT molecular complexity index is 319. The van der Waals surface area contributed by atoms with E-state index in [1.165, 1.54) is 18.4 Å². The highest BCUT2D eigenvalue weighted by molar-refractivity contribution is 5.14. The van der Waals surface area contributed by atoms with Crippen molar-refractivity contribution in [3.63, 3.8) is 0 Å². The predicted molar refractivity (Wildman–Crippen MR) is 87.2 cm³/mol. The van der Waals surface area contributed by atoms with Gasteiger partial charge in [-0.1, -0.05) is 50.6 Å². The Labute approximate surface area is 124 Å². The number of aryl methyl sites for hydroxylation is 1. The van der Waals surface area contributed by atoms with Gasteiger partial charge in [-0.15, -0.1) is 0 Å². The lowest BCUT2D eigenvalue weighted by atomic mass is 9.98. The molecule has 0 saturated carbocycles. The van der Waals surface area contributed by atoms with Crippen LogP contribution in [-0.2, 0) is 11.2 Å². The van der Waals surface area contributed by atoms with Gasteiger partial charge in [0.2, 0.25) is 0 Å². The van der Waals surface area contributed by atoms with Crippen LogP contribution in [0.15, 0.2) is 30.3 Å². The number of benzene rings is 1. The van der Waals surface area contributed by atoms with Gasteiger partial charge >= 0.3 is 0 Å². The SMILES string of the molecule is CCCNC(CCc1ccccc1)C(CCC)OCC. The van der Waals surface area contributed by atoms with Crippen molar-refractivity contribution in [3.8, 4) is 0 Å². The van der Waals surface area contributed by atoms with Crippen LogP contribution in [0.4, 0.5) is 0 Å². The molecule has 1 N–H and O–H groups in total. The topological polar surface area (TPSA) is 21.3 Å². The Morgan fingerprint density at radius 1 is 1.00 bits per heavy atom. The summed E-state index contributed by atoms with van der Waals surface area (Å²) >= 11 is 0. The third-order valence-electron chi connectivity index (χ3n) is 3.65. The minimum Gasteiger partial charge on any atom is -0.377 e. The third-order valence-corrected chi connectivity index (χ3v) is 3.65. The van der Waals surface area contributed by atoms with Crippen LogP contribution in [0.3, 0.4) is 0 Å². The molecule has 0 aliphatic carbocycles. The number of hydrogen-bond acceptors (Lipinski definition) is 2. The van der Waals surface area contributed by atoms with Crippen molar-refractivity contribution in [2.75, 3.05) is 13.2 Å². The average Bonchev–Trinajstić information content (AvgIpc) is 2.48. The zero-order valence-corrected chi connectivity index (χ0v) is 13.4. The number of ether oxygens (including phenoxy) is 1. The summed E-state index contributed by atoms with van der Waals surface area (Å²) in [5.74, 6) is 0. The summed E-state index contributed by atoms with van der Waals surface area (Å²) in [6.07, 6.45) is 6.11. The summed E-state index contributed by atoms with van der Waals surface area (Å²) in [5, 5.41) is 3.68. The standard InChI is InChI=1S/C18H31NO/c1-4-10-18(20-6-3)17(19-15-5-2)14-13-16-11-8-7-9-12-16/h7-9,11-12,17-19H,4-6,10,13-15H2,1-3H3. The molecule has 1 rings (SSSR count). The molecule has 20 heavy (non-hydrogen) atoms. The lowest BCUT2D eigenvalue weighted by Crippen LogP contribution is -2.42. The van der Waals surface area contributed by atoms with E-state index in [1.807, 2.05) is 0 Å². The van der Waals surface area contributed by atoms with Crippen LogP contribution in [-0.4, -0.2) is 25.3 Å². The Hall–Kier alpha value is -0.860. The van der Waals surface area contributed by atoms with E-state index in [0.717, 1.165) is 32.4 Å². The summed E-state index contributed by atoms with van der Waals surface area (Å²) < 4.78 is 5.97. The van der Waals surface area contributed by atoms with E-state index in [0.29, 0.717) is 12.1 Å². The minimum absolute atomic E-state index is 0.347. The van der Waals surface area contributed by atoms with E-state index >= 15 is 0 Å². The van der Waals surface area contributed by atoms with Gasteiger partial charge in [-0.25, -0.2) is 0 Å². The molecule has 0 aromatic heterocycles. The van der Waals surface area contributed by atoms with Crippen molar-refractivity contribution in [1.29, 1.82) is 0 Å². The first kappa shape index (κ1) is 17.2. The molecule has 2 unspecified atom stereocenters. The second-order valence-electron chi connectivity index (χ2n) is 5.37. The Morgan fingerprint density at radius 3 is 2.35 bits per heavy atom. The smallest absolute Gasteiger partial charge is 0.0727 e. The summed E-state index contributed by atoms with van der Waals surface area (Å²) in [5.41, 5.74) is 1.42. The molecule has 0 saturated heterocycles. The van der Waals surface area contributed by atoms with Crippen molar-refractivity contribution >= 4 is 0 Å². The minimum atomic E-state index is 0.347. The molecule has 0 aliphatic heterocycles. The van der Waals surface area contributed by atoms with Crippen LogP contribution in [0.5, 0.6) is 0 Å². The van der Waals surface area contributed by atoms with Crippen molar-refractivity contribution < 1.29 is 4.74 Å². The van der Waals surface area contributed by atoms with Gasteiger partial charge in [0.05, 0.1) is 6.10 Å². The normalized spacial score (nSPS) is 14.2. The van der Waals surface area contributed by atoms with Gasteiger partial charge in [-0.05, 0) is 44.7 Å². The lowest BCUT2D eigenvalue weighted by Gasteiger charge is -2.28. The molecule has 0 aliphatic rings. The molecule has 2 nitrogen and oxygen atoms in total. The van der Waals surface area contributed by atoms with Gasteiger partial charge < -0.3 is 10.1 Å². The van der Waals surface area contributed by atoms with E-state index in [4.69, 9.17) is 4.74 Å². The van der Waals surface area contributed by atoms with Crippen LogP contribution in [0.25, 0.3) is 0 Å². The second kappa shape index (κ2) is 10.9. The molecule has 2 atom stereocenters. The van der Waals surface area contributed by atoms with Gasteiger partial charge in [0.25, 0.3) is 0 Å². The largest absolute Gasteiger partial charge is 0.377 e. The summed E-state index contributed by atoms with van der Waals surface area (Å²) in [6, 6.07) is 11.2. The van der Waals surface area contributed by atoms with Crippen molar-refractivity contribution in [2.45, 2.75) is 65.0 Å². The van der Waals surface area contributed by atoms with Gasteiger partial charge in [0.1, 0.15) is 0 Å². The maximum Gasteiger partial charge on any atom is 0.0727 e. The molecule has 0 bridgehead atoms. The molecule has 0 fully saturated rings. The van der Waals surface area contributed by atoms with Crippen molar-refractivity contribution in [3.05, 3.63) is 35.9 Å². The monoisotopic (exact) mass is 277 g/mol. The van der Waals surface area contributed by atoms with E-state index in [1.54, 1.807) is 0 Å². The first-order valence-electron chi connectivity index (χ1n) is 8.20. The highest BCUT2D eigenvalue weighted by Crippen LogP contribution is 2.14. The highest BCUT2D eigenvalue weighted by atomic mass is 16.5. The predicted octanol–water partition coefficient (Wildman–Crippen LogP) is 4.19. The van der Waals surface area contributed by atoms with Crippen LogP contribution in [0, 0.1) is 0 Å². The summed E-state index contributed by atoms with van der Waals surface area (Å²) in [6.45, 7) is 8.43. The van der Waals surface area contributed by atoms with Crippen molar-refractivity contribution in [1.82, 2.24) is 5.32 Å². The second-order valence-corrected chi connectivity index (χ2v) is 5.37. The summed E-state index contributed by atoms with van der Waals surface area (Å²) in [7, 11) is 0. The van der Waals surface area contributed by atoms with Crippen LogP contribution in [0.1, 0.15) is 52.0 Å². The summed E-state index contributed by atoms with van der Waals surface area (Å²) in [4.78, 5) is 0. The lowest BCUT2D eigenvalue weighted by molar-refractivity contribution is 0.0260. The molecule has 0 spiro atoms. The first-order valence-corrected chi connectivity index (χ1v) is 8.20. The molecule has 1 aromatic rings. The fourth-order valence-corrected chi connectivity index (χ4v) is 2.62. The maximum absolute atomic E-state index is 5.97. The van der Waals surface area contributed by atoms with Crippen LogP contribution < -0.4 is 5.32 Å². The van der Waals surface area contributed by atoms with E-state index in [-0.39, 0.29) is 0 Å². The maximum atomic E-state index is 5.97. The fraction of sp³-hybridized carbons (Fsp3) is 0.667. The highest BCUT2D eigenvalue weighted by Gasteiger charge is 2.20. The number of nitrogens with one attached hydrogen (secondary N) is 1. The van der Waals surface area contributed by atoms with Crippen LogP contribution >= 0.6 is 0 Å². The van der Waals surface area contributed by atoms with E-state index in [9.17, 15) is 0 Å². The molecule has 0 heterocycles. The van der Waals surface area contributed by atoms with Gasteiger partial charge in [-0.3, -0.25) is 0 Å². The Morgan fingerprint density at radius 2 is 1.75 bits per heavy atom. The molecule has 0 amide bonds. The first-order chi connectivity index (χ1) is 9.81. The van der Waals surface area contributed by atoms with Gasteiger partial charge in [-0.2, -0.15) is 0 Å². The number of rotatable bonds is 11. The van der Waals surface area contributed by atoms with Gasteiger partial charge in [0, 0.05) is 12.6 Å². The van der Waals surface area contributed by atoms with E-state index in [2.05, 4.69) is 56.4 Å². The molecular formula is C18H31NO.